The van der Waals surface area contributed by atoms with E-state index in [1.807, 2.05) is 0 Å². The summed E-state index contributed by atoms with van der Waals surface area (Å²) in [6, 6.07) is 0. The molecule has 0 saturated carbocycles. The third-order valence-corrected chi connectivity index (χ3v) is 2.95. The Hall–Kier alpha value is -0.240. The minimum absolute atomic E-state index is 0.378. The lowest BCUT2D eigenvalue weighted by molar-refractivity contribution is -0.214. The Morgan fingerprint density at radius 3 is 2.40 bits per heavy atom. The minimum atomic E-state index is -1.20. The zero-order valence-corrected chi connectivity index (χ0v) is 8.49. The second-order valence-electron chi connectivity index (χ2n) is 4.55. The van der Waals surface area contributed by atoms with Gasteiger partial charge in [-0.1, -0.05) is 0 Å². The average molecular weight is 218 g/mol. The predicted octanol–water partition coefficient (Wildman–Crippen LogP) is -1.06. The van der Waals surface area contributed by atoms with Crippen LogP contribution in [0.3, 0.4) is 0 Å². The second kappa shape index (κ2) is 2.91. The molecule has 0 aromatic carbocycles. The van der Waals surface area contributed by atoms with Crippen molar-refractivity contribution in [3.63, 3.8) is 0 Å². The maximum atomic E-state index is 9.54. The van der Waals surface area contributed by atoms with Gasteiger partial charge in [-0.05, 0) is 13.8 Å². The molecule has 0 spiro atoms. The lowest BCUT2D eigenvalue weighted by atomic mass is 10.1. The third kappa shape index (κ3) is 1.33. The van der Waals surface area contributed by atoms with Gasteiger partial charge < -0.3 is 29.2 Å². The number of rotatable bonds is 0. The molecule has 0 aromatic heterocycles. The Morgan fingerprint density at radius 2 is 1.67 bits per heavy atom. The van der Waals surface area contributed by atoms with E-state index in [0.717, 1.165) is 0 Å². The topological polar surface area (TPSA) is 77.4 Å². The maximum Gasteiger partial charge on any atom is 0.190 e. The molecule has 86 valence electrons. The molecule has 3 aliphatic heterocycles. The Balaban J connectivity index is 1.80. The van der Waals surface area contributed by atoms with Crippen LogP contribution in [0.2, 0.25) is 0 Å². The monoisotopic (exact) mass is 218 g/mol. The van der Waals surface area contributed by atoms with Gasteiger partial charge in [-0.2, -0.15) is 0 Å². The van der Waals surface area contributed by atoms with Crippen LogP contribution in [0.1, 0.15) is 13.8 Å². The fourth-order valence-electron chi connectivity index (χ4n) is 2.34. The largest absolute Gasteiger partial charge is 0.385 e. The number of ether oxygens (including phenoxy) is 4. The minimum Gasteiger partial charge on any atom is -0.385 e. The van der Waals surface area contributed by atoms with Crippen LogP contribution in [-0.2, 0) is 18.9 Å². The first-order chi connectivity index (χ1) is 6.98. The van der Waals surface area contributed by atoms with Crippen molar-refractivity contribution in [3.8, 4) is 0 Å². The highest BCUT2D eigenvalue weighted by molar-refractivity contribution is 5.01. The molecule has 0 bridgehead atoms. The predicted molar refractivity (Wildman–Crippen MR) is 45.6 cm³/mol. The normalized spacial score (nSPS) is 56.8. The van der Waals surface area contributed by atoms with Crippen molar-refractivity contribution in [2.24, 2.45) is 0 Å². The van der Waals surface area contributed by atoms with Crippen molar-refractivity contribution in [1.29, 1.82) is 0 Å². The van der Waals surface area contributed by atoms with Crippen molar-refractivity contribution in [3.05, 3.63) is 0 Å². The van der Waals surface area contributed by atoms with Crippen molar-refractivity contribution < 1.29 is 29.2 Å². The van der Waals surface area contributed by atoms with Crippen LogP contribution in [0.5, 0.6) is 0 Å². The second-order valence-corrected chi connectivity index (χ2v) is 4.55. The molecular formula is C9H14O6. The molecule has 0 radical (unpaired) electrons. The zero-order chi connectivity index (χ0) is 10.8. The fourth-order valence-corrected chi connectivity index (χ4v) is 2.34. The molecule has 6 atom stereocenters. The number of aliphatic hydroxyl groups is 2. The summed E-state index contributed by atoms with van der Waals surface area (Å²) in [7, 11) is 0. The van der Waals surface area contributed by atoms with E-state index in [-0.39, 0.29) is 6.10 Å². The summed E-state index contributed by atoms with van der Waals surface area (Å²) in [6.07, 6.45) is -4.15. The lowest BCUT2D eigenvalue weighted by Crippen LogP contribution is -2.35. The standard InChI is InChI=1S/C9H14O6/c1-9(2)14-6-5-4(13-8(6)15-9)3(10)7(11)12-5/h3-8,10-11H,1-2H3/t3-,4-,5+,6-,7-,8-/m1/s1. The van der Waals surface area contributed by atoms with Crippen molar-refractivity contribution in [2.75, 3.05) is 0 Å². The van der Waals surface area contributed by atoms with E-state index in [4.69, 9.17) is 18.9 Å². The first-order valence-corrected chi connectivity index (χ1v) is 5.01. The summed E-state index contributed by atoms with van der Waals surface area (Å²) in [4.78, 5) is 0. The van der Waals surface area contributed by atoms with Gasteiger partial charge in [-0.3, -0.25) is 0 Å². The lowest BCUT2D eigenvalue weighted by Gasteiger charge is -2.21. The van der Waals surface area contributed by atoms with Gasteiger partial charge in [0.05, 0.1) is 0 Å². The summed E-state index contributed by atoms with van der Waals surface area (Å²) in [5.41, 5.74) is 0. The van der Waals surface area contributed by atoms with E-state index in [9.17, 15) is 10.2 Å². The summed E-state index contributed by atoms with van der Waals surface area (Å²) < 4.78 is 21.7. The summed E-state index contributed by atoms with van der Waals surface area (Å²) in [6.45, 7) is 3.57. The molecule has 15 heavy (non-hydrogen) atoms. The van der Waals surface area contributed by atoms with E-state index in [1.54, 1.807) is 13.8 Å². The van der Waals surface area contributed by atoms with Gasteiger partial charge in [-0.15, -0.1) is 0 Å². The van der Waals surface area contributed by atoms with Crippen LogP contribution in [0, 0.1) is 0 Å². The van der Waals surface area contributed by atoms with E-state index >= 15 is 0 Å². The van der Waals surface area contributed by atoms with E-state index in [2.05, 4.69) is 0 Å². The van der Waals surface area contributed by atoms with E-state index in [1.165, 1.54) is 0 Å². The Kier molecular flexibility index (Phi) is 1.93. The molecule has 0 amide bonds. The number of fused-ring (bicyclic) bond motifs is 3. The maximum absolute atomic E-state index is 9.54. The van der Waals surface area contributed by atoms with Gasteiger partial charge in [-0.25, -0.2) is 0 Å². The van der Waals surface area contributed by atoms with Crippen LogP contribution in [0.15, 0.2) is 0 Å². The smallest absolute Gasteiger partial charge is 0.190 e. The van der Waals surface area contributed by atoms with Gasteiger partial charge in [0.25, 0.3) is 0 Å². The van der Waals surface area contributed by atoms with Crippen LogP contribution in [0.4, 0.5) is 0 Å². The first-order valence-electron chi connectivity index (χ1n) is 5.01. The SMILES string of the molecule is CC1(C)O[C@H]2O[C@@H]3[C@@H](O)[C@H](O)O[C@@H]3[C@H]2O1. The number of hydrogen-bond acceptors (Lipinski definition) is 6. The molecule has 2 N–H and O–H groups in total. The molecule has 6 heteroatoms. The van der Waals surface area contributed by atoms with Crippen molar-refractivity contribution >= 4 is 0 Å². The number of hydrogen-bond donors (Lipinski definition) is 2. The average Bonchev–Trinajstić information content (AvgIpc) is 2.66. The molecule has 0 aliphatic carbocycles. The zero-order valence-electron chi connectivity index (χ0n) is 8.49. The third-order valence-electron chi connectivity index (χ3n) is 2.95. The first kappa shape index (κ1) is 9.95. The Morgan fingerprint density at radius 1 is 0.933 bits per heavy atom. The summed E-state index contributed by atoms with van der Waals surface area (Å²) in [5, 5.41) is 18.8. The molecule has 3 fully saturated rings. The summed E-state index contributed by atoms with van der Waals surface area (Å²) in [5.74, 6) is -0.706. The quantitative estimate of drug-likeness (QED) is 0.539. The van der Waals surface area contributed by atoms with Crippen LogP contribution >= 0.6 is 0 Å². The molecule has 3 rings (SSSR count). The molecule has 3 aliphatic rings. The van der Waals surface area contributed by atoms with Crippen LogP contribution in [-0.4, -0.2) is 53.0 Å². The molecule has 0 unspecified atom stereocenters. The highest BCUT2D eigenvalue weighted by atomic mass is 16.9. The van der Waals surface area contributed by atoms with Gasteiger partial charge in [0.2, 0.25) is 0 Å². The van der Waals surface area contributed by atoms with E-state index in [0.29, 0.717) is 0 Å². The van der Waals surface area contributed by atoms with Crippen LogP contribution in [0.25, 0.3) is 0 Å². The number of aliphatic hydroxyl groups excluding tert-OH is 2. The van der Waals surface area contributed by atoms with Gasteiger partial charge in [0.15, 0.2) is 18.4 Å². The molecular weight excluding hydrogens is 204 g/mol. The highest BCUT2D eigenvalue weighted by Crippen LogP contribution is 2.42. The molecule has 6 nitrogen and oxygen atoms in total. The van der Waals surface area contributed by atoms with Crippen LogP contribution < -0.4 is 0 Å². The molecule has 3 saturated heterocycles. The van der Waals surface area contributed by atoms with Crippen molar-refractivity contribution in [1.82, 2.24) is 0 Å². The fraction of sp³-hybridized carbons (Fsp3) is 1.00. The highest BCUT2D eigenvalue weighted by Gasteiger charge is 2.61. The molecule has 3 heterocycles. The van der Waals surface area contributed by atoms with Crippen molar-refractivity contribution in [2.45, 2.75) is 56.6 Å². The molecule has 0 aromatic rings. The van der Waals surface area contributed by atoms with Gasteiger partial charge in [0, 0.05) is 0 Å². The van der Waals surface area contributed by atoms with Gasteiger partial charge in [0.1, 0.15) is 24.4 Å². The Bertz CT molecular complexity index is 280. The Labute approximate surface area is 86.7 Å². The van der Waals surface area contributed by atoms with Gasteiger partial charge >= 0.3 is 0 Å². The summed E-state index contributed by atoms with van der Waals surface area (Å²) >= 11 is 0. The van der Waals surface area contributed by atoms with E-state index < -0.39 is 36.7 Å².